The minimum Gasteiger partial charge on any atom is -0.482 e. The third-order valence-electron chi connectivity index (χ3n) is 3.52. The Morgan fingerprint density at radius 3 is 2.56 bits per heavy atom. The molecule has 2 aromatic carbocycles. The van der Waals surface area contributed by atoms with Crippen LogP contribution in [0, 0.1) is 13.8 Å². The molecule has 4 nitrogen and oxygen atoms in total. The van der Waals surface area contributed by atoms with Crippen LogP contribution in [0.3, 0.4) is 0 Å². The van der Waals surface area contributed by atoms with Gasteiger partial charge in [0.1, 0.15) is 5.75 Å². The number of esters is 1. The van der Waals surface area contributed by atoms with Crippen LogP contribution in [0.4, 0.5) is 0 Å². The predicted octanol–water partition coefficient (Wildman–Crippen LogP) is 4.54. The molecule has 0 amide bonds. The highest BCUT2D eigenvalue weighted by atomic mass is 35.5. The molecule has 2 aromatic rings. The van der Waals surface area contributed by atoms with Gasteiger partial charge in [0.05, 0.1) is 18.2 Å². The van der Waals surface area contributed by atoms with E-state index in [0.29, 0.717) is 17.4 Å². The van der Waals surface area contributed by atoms with Gasteiger partial charge in [-0.3, -0.25) is 0 Å². The molecule has 1 N–H and O–H groups in total. The van der Waals surface area contributed by atoms with Gasteiger partial charge in [0, 0.05) is 9.79 Å². The Hall–Kier alpha value is -1.69. The smallest absolute Gasteiger partial charge is 0.344 e. The van der Waals surface area contributed by atoms with Crippen molar-refractivity contribution in [3.63, 3.8) is 0 Å². The van der Waals surface area contributed by atoms with Crippen molar-refractivity contribution in [3.05, 3.63) is 52.0 Å². The van der Waals surface area contributed by atoms with Crippen LogP contribution in [0.1, 0.15) is 23.6 Å². The summed E-state index contributed by atoms with van der Waals surface area (Å²) in [5, 5.41) is 9.77. The van der Waals surface area contributed by atoms with Crippen LogP contribution in [0.5, 0.6) is 5.75 Å². The summed E-state index contributed by atoms with van der Waals surface area (Å²) in [6.07, 6.45) is 0. The van der Waals surface area contributed by atoms with Crippen molar-refractivity contribution in [2.45, 2.75) is 37.2 Å². The number of carbonyl (C=O) groups is 1. The van der Waals surface area contributed by atoms with E-state index in [-0.39, 0.29) is 19.2 Å². The number of benzene rings is 2. The van der Waals surface area contributed by atoms with Crippen LogP contribution in [0.2, 0.25) is 5.02 Å². The molecular weight excluding hydrogens is 360 g/mol. The summed E-state index contributed by atoms with van der Waals surface area (Å²) in [4.78, 5) is 13.4. The zero-order chi connectivity index (χ0) is 18.4. The van der Waals surface area contributed by atoms with E-state index in [2.05, 4.69) is 0 Å². The number of aliphatic hydroxyl groups is 1. The number of ether oxygens (including phenoxy) is 2. The van der Waals surface area contributed by atoms with Crippen LogP contribution >= 0.6 is 23.4 Å². The molecule has 0 saturated carbocycles. The second-order valence-electron chi connectivity index (χ2n) is 5.50. The monoisotopic (exact) mass is 380 g/mol. The number of carbonyl (C=O) groups excluding carboxylic acids is 1. The summed E-state index contributed by atoms with van der Waals surface area (Å²) >= 11 is 7.84. The van der Waals surface area contributed by atoms with Crippen molar-refractivity contribution >= 4 is 29.3 Å². The number of hydrogen-bond donors (Lipinski definition) is 1. The topological polar surface area (TPSA) is 55.8 Å². The standard InChI is InChI=1S/C19H21ClO4S/c1-4-23-19(22)11-24-16-7-13(3)18(8-12(16)2)25-17-6-5-14(10-21)9-15(17)20/h5-9,21H,4,10-11H2,1-3H3. The summed E-state index contributed by atoms with van der Waals surface area (Å²) in [5.74, 6) is 0.283. The van der Waals surface area contributed by atoms with E-state index in [1.165, 1.54) is 0 Å². The number of hydrogen-bond acceptors (Lipinski definition) is 5. The fraction of sp³-hybridized carbons (Fsp3) is 0.316. The van der Waals surface area contributed by atoms with Gasteiger partial charge in [-0.05, 0) is 61.7 Å². The molecular formula is C19H21ClO4S. The summed E-state index contributed by atoms with van der Waals surface area (Å²) in [6.45, 7) is 5.88. The van der Waals surface area contributed by atoms with E-state index >= 15 is 0 Å². The molecule has 0 heterocycles. The van der Waals surface area contributed by atoms with Gasteiger partial charge in [-0.25, -0.2) is 4.79 Å². The first kappa shape index (κ1) is 19.6. The third kappa shape index (κ3) is 5.39. The van der Waals surface area contributed by atoms with Crippen molar-refractivity contribution < 1.29 is 19.4 Å². The lowest BCUT2D eigenvalue weighted by Crippen LogP contribution is -2.15. The first-order chi connectivity index (χ1) is 11.9. The summed E-state index contributed by atoms with van der Waals surface area (Å²) in [5.41, 5.74) is 2.74. The van der Waals surface area contributed by atoms with E-state index in [9.17, 15) is 4.79 Å². The molecule has 0 aromatic heterocycles. The van der Waals surface area contributed by atoms with Gasteiger partial charge in [0.15, 0.2) is 6.61 Å². The van der Waals surface area contributed by atoms with E-state index in [4.69, 9.17) is 26.2 Å². The van der Waals surface area contributed by atoms with Gasteiger partial charge in [0.2, 0.25) is 0 Å². The quantitative estimate of drug-likeness (QED) is 0.714. The number of rotatable bonds is 7. The third-order valence-corrected chi connectivity index (χ3v) is 5.18. The maximum Gasteiger partial charge on any atom is 0.344 e. The fourth-order valence-corrected chi connectivity index (χ4v) is 3.52. The van der Waals surface area contributed by atoms with Crippen LogP contribution in [-0.2, 0) is 16.1 Å². The molecule has 0 unspecified atom stereocenters. The zero-order valence-electron chi connectivity index (χ0n) is 14.5. The molecule has 0 aliphatic rings. The molecule has 0 fully saturated rings. The van der Waals surface area contributed by atoms with E-state index in [1.807, 2.05) is 38.1 Å². The minimum atomic E-state index is -0.381. The maximum atomic E-state index is 11.4. The normalized spacial score (nSPS) is 10.6. The lowest BCUT2D eigenvalue weighted by Gasteiger charge is -2.13. The van der Waals surface area contributed by atoms with Crippen molar-refractivity contribution in [2.75, 3.05) is 13.2 Å². The average molecular weight is 381 g/mol. The lowest BCUT2D eigenvalue weighted by atomic mass is 10.1. The number of aryl methyl sites for hydroxylation is 2. The molecule has 25 heavy (non-hydrogen) atoms. The van der Waals surface area contributed by atoms with Crippen LogP contribution in [0.15, 0.2) is 40.1 Å². The molecule has 0 bridgehead atoms. The van der Waals surface area contributed by atoms with Gasteiger partial charge in [-0.1, -0.05) is 29.4 Å². The Bertz CT molecular complexity index is 761. The molecule has 0 atom stereocenters. The number of halogens is 1. The summed E-state index contributed by atoms with van der Waals surface area (Å²) in [6, 6.07) is 9.44. The van der Waals surface area contributed by atoms with Crippen molar-refractivity contribution in [2.24, 2.45) is 0 Å². The van der Waals surface area contributed by atoms with Gasteiger partial charge < -0.3 is 14.6 Å². The molecule has 0 aliphatic heterocycles. The molecule has 0 saturated heterocycles. The molecule has 6 heteroatoms. The first-order valence-electron chi connectivity index (χ1n) is 7.91. The fourth-order valence-electron chi connectivity index (χ4n) is 2.21. The van der Waals surface area contributed by atoms with E-state index < -0.39 is 0 Å². The van der Waals surface area contributed by atoms with E-state index in [1.54, 1.807) is 24.8 Å². The lowest BCUT2D eigenvalue weighted by molar-refractivity contribution is -0.145. The molecule has 0 aliphatic carbocycles. The van der Waals surface area contributed by atoms with Gasteiger partial charge in [-0.15, -0.1) is 0 Å². The first-order valence-corrected chi connectivity index (χ1v) is 9.10. The Balaban J connectivity index is 2.15. The van der Waals surface area contributed by atoms with Crippen LogP contribution in [-0.4, -0.2) is 24.3 Å². The highest BCUT2D eigenvalue weighted by molar-refractivity contribution is 7.99. The Kier molecular flexibility index (Phi) is 7.17. The van der Waals surface area contributed by atoms with Crippen LogP contribution < -0.4 is 4.74 Å². The van der Waals surface area contributed by atoms with Crippen molar-refractivity contribution in [1.82, 2.24) is 0 Å². The second kappa shape index (κ2) is 9.13. The zero-order valence-corrected chi connectivity index (χ0v) is 16.0. The largest absolute Gasteiger partial charge is 0.482 e. The van der Waals surface area contributed by atoms with Gasteiger partial charge in [0.25, 0.3) is 0 Å². The van der Waals surface area contributed by atoms with Crippen molar-refractivity contribution in [3.8, 4) is 5.75 Å². The number of aliphatic hydroxyl groups excluding tert-OH is 1. The Labute approximate surface area is 157 Å². The van der Waals surface area contributed by atoms with Gasteiger partial charge >= 0.3 is 5.97 Å². The molecule has 0 radical (unpaired) electrons. The highest BCUT2D eigenvalue weighted by Gasteiger charge is 2.11. The SMILES string of the molecule is CCOC(=O)COc1cc(C)c(Sc2ccc(CO)cc2Cl)cc1C. The molecule has 134 valence electrons. The highest BCUT2D eigenvalue weighted by Crippen LogP contribution is 2.37. The maximum absolute atomic E-state index is 11.4. The Morgan fingerprint density at radius 2 is 1.92 bits per heavy atom. The molecule has 2 rings (SSSR count). The molecule has 0 spiro atoms. The summed E-state index contributed by atoms with van der Waals surface area (Å²) in [7, 11) is 0. The summed E-state index contributed by atoms with van der Waals surface area (Å²) < 4.78 is 10.4. The Morgan fingerprint density at radius 1 is 1.16 bits per heavy atom. The predicted molar refractivity (Wildman–Crippen MR) is 99.5 cm³/mol. The van der Waals surface area contributed by atoms with Crippen molar-refractivity contribution in [1.29, 1.82) is 0 Å². The van der Waals surface area contributed by atoms with Gasteiger partial charge in [-0.2, -0.15) is 0 Å². The second-order valence-corrected chi connectivity index (χ2v) is 6.99. The van der Waals surface area contributed by atoms with E-state index in [0.717, 1.165) is 26.5 Å². The van der Waals surface area contributed by atoms with Crippen LogP contribution in [0.25, 0.3) is 0 Å². The average Bonchev–Trinajstić information content (AvgIpc) is 2.58. The minimum absolute atomic E-state index is 0.0324.